The number of hydrogen-bond donors (Lipinski definition) is 2. The lowest BCUT2D eigenvalue weighted by molar-refractivity contribution is 0.504. The quantitative estimate of drug-likeness (QED) is 0.488. The normalized spacial score (nSPS) is 11.6. The summed E-state index contributed by atoms with van der Waals surface area (Å²) in [5.74, 6) is 4.18. The van der Waals surface area contributed by atoms with Crippen molar-refractivity contribution in [2.45, 2.75) is 26.2 Å². The van der Waals surface area contributed by atoms with Gasteiger partial charge in [-0.05, 0) is 28.1 Å². The number of halogens is 3. The van der Waals surface area contributed by atoms with Gasteiger partial charge in [0.1, 0.15) is 5.82 Å². The molecule has 0 saturated heterocycles. The van der Waals surface area contributed by atoms with Gasteiger partial charge < -0.3 is 5.43 Å². The summed E-state index contributed by atoms with van der Waals surface area (Å²) < 4.78 is 26.9. The molecule has 7 heteroatoms. The number of nitrogens with zero attached hydrogens (tertiary/aromatic N) is 2. The first-order valence-electron chi connectivity index (χ1n) is 6.24. The molecular formula is C14H15BrF2N4. The second-order valence-corrected chi connectivity index (χ2v) is 6.37. The molecule has 21 heavy (non-hydrogen) atoms. The van der Waals surface area contributed by atoms with Crippen LogP contribution in [0.25, 0.3) is 11.4 Å². The second-order valence-electron chi connectivity index (χ2n) is 5.58. The lowest BCUT2D eigenvalue weighted by atomic mass is 9.92. The van der Waals surface area contributed by atoms with Gasteiger partial charge in [-0.3, -0.25) is 0 Å². The molecule has 0 unspecified atom stereocenters. The Bertz CT molecular complexity index is 683. The molecule has 1 aromatic heterocycles. The van der Waals surface area contributed by atoms with Crippen LogP contribution in [0.4, 0.5) is 14.6 Å². The van der Waals surface area contributed by atoms with Crippen LogP contribution < -0.4 is 11.3 Å². The van der Waals surface area contributed by atoms with Gasteiger partial charge in [0.25, 0.3) is 0 Å². The smallest absolute Gasteiger partial charge is 0.173 e. The Balaban J connectivity index is 2.67. The maximum atomic E-state index is 13.7. The summed E-state index contributed by atoms with van der Waals surface area (Å²) >= 11 is 3.04. The van der Waals surface area contributed by atoms with Crippen LogP contribution in [0.5, 0.6) is 0 Å². The standard InChI is InChI=1S/C14H15BrF2N4/c1-14(2,3)9-6-10(21-18)20-13(19-9)7-4-5-8(16)12(17)11(7)15/h4-6H,18H2,1-3H3,(H,19,20,21). The van der Waals surface area contributed by atoms with Gasteiger partial charge in [0.15, 0.2) is 17.5 Å². The summed E-state index contributed by atoms with van der Waals surface area (Å²) in [6.45, 7) is 5.96. The summed E-state index contributed by atoms with van der Waals surface area (Å²) in [4.78, 5) is 8.63. The number of nitrogens with two attached hydrogens (primary N) is 1. The molecule has 0 atom stereocenters. The summed E-state index contributed by atoms with van der Waals surface area (Å²) in [6.07, 6.45) is 0. The van der Waals surface area contributed by atoms with Crippen molar-refractivity contribution in [3.8, 4) is 11.4 Å². The van der Waals surface area contributed by atoms with E-state index in [4.69, 9.17) is 5.84 Å². The van der Waals surface area contributed by atoms with Crippen molar-refractivity contribution >= 4 is 21.7 Å². The van der Waals surface area contributed by atoms with Gasteiger partial charge in [-0.1, -0.05) is 20.8 Å². The van der Waals surface area contributed by atoms with Crippen molar-refractivity contribution in [3.05, 3.63) is 40.0 Å². The molecule has 112 valence electrons. The van der Waals surface area contributed by atoms with E-state index in [1.165, 1.54) is 6.07 Å². The summed E-state index contributed by atoms with van der Waals surface area (Å²) in [6, 6.07) is 4.18. The van der Waals surface area contributed by atoms with Crippen molar-refractivity contribution in [2.75, 3.05) is 5.43 Å². The minimum atomic E-state index is -0.973. The number of benzene rings is 1. The number of aromatic nitrogens is 2. The predicted octanol–water partition coefficient (Wildman–Crippen LogP) is 3.77. The summed E-state index contributed by atoms with van der Waals surface area (Å²) in [5.41, 5.74) is 3.31. The lowest BCUT2D eigenvalue weighted by Crippen LogP contribution is -2.17. The van der Waals surface area contributed by atoms with Gasteiger partial charge in [-0.15, -0.1) is 0 Å². The van der Waals surface area contributed by atoms with E-state index < -0.39 is 11.6 Å². The zero-order valence-corrected chi connectivity index (χ0v) is 13.4. The molecule has 0 spiro atoms. The minimum absolute atomic E-state index is 0.0171. The summed E-state index contributed by atoms with van der Waals surface area (Å²) in [5, 5.41) is 0. The molecule has 0 aliphatic carbocycles. The topological polar surface area (TPSA) is 63.8 Å². The zero-order chi connectivity index (χ0) is 15.8. The third-order valence-electron chi connectivity index (χ3n) is 2.92. The third kappa shape index (κ3) is 3.19. The van der Waals surface area contributed by atoms with Crippen LogP contribution >= 0.6 is 15.9 Å². The molecule has 0 fully saturated rings. The fourth-order valence-corrected chi connectivity index (χ4v) is 2.22. The average Bonchev–Trinajstić information content (AvgIpc) is 2.43. The number of hydrogen-bond acceptors (Lipinski definition) is 4. The third-order valence-corrected chi connectivity index (χ3v) is 3.69. The highest BCUT2D eigenvalue weighted by atomic mass is 79.9. The molecule has 2 rings (SSSR count). The van der Waals surface area contributed by atoms with E-state index in [0.717, 1.165) is 11.8 Å². The molecular weight excluding hydrogens is 342 g/mol. The van der Waals surface area contributed by atoms with Crippen LogP contribution in [0, 0.1) is 11.6 Å². The van der Waals surface area contributed by atoms with Crippen molar-refractivity contribution < 1.29 is 8.78 Å². The molecule has 0 radical (unpaired) electrons. The van der Waals surface area contributed by atoms with Crippen LogP contribution in [-0.4, -0.2) is 9.97 Å². The number of nitrogens with one attached hydrogen (secondary N) is 1. The SMILES string of the molecule is CC(C)(C)c1cc(NN)nc(-c2ccc(F)c(F)c2Br)n1. The van der Waals surface area contributed by atoms with E-state index in [0.29, 0.717) is 11.4 Å². The van der Waals surface area contributed by atoms with Crippen molar-refractivity contribution in [1.82, 2.24) is 9.97 Å². The Labute approximate surface area is 129 Å². The van der Waals surface area contributed by atoms with Crippen molar-refractivity contribution in [1.29, 1.82) is 0 Å². The Kier molecular flexibility index (Phi) is 4.25. The molecule has 0 amide bonds. The largest absolute Gasteiger partial charge is 0.308 e. The first kappa shape index (κ1) is 15.8. The van der Waals surface area contributed by atoms with Crippen molar-refractivity contribution in [2.24, 2.45) is 5.84 Å². The van der Waals surface area contributed by atoms with Crippen LogP contribution in [0.2, 0.25) is 0 Å². The van der Waals surface area contributed by atoms with Crippen LogP contribution in [0.1, 0.15) is 26.5 Å². The Morgan fingerprint density at radius 1 is 1.19 bits per heavy atom. The Morgan fingerprint density at radius 2 is 1.86 bits per heavy atom. The molecule has 4 nitrogen and oxygen atoms in total. The van der Waals surface area contributed by atoms with E-state index in [1.54, 1.807) is 6.07 Å². The highest BCUT2D eigenvalue weighted by molar-refractivity contribution is 9.10. The number of hydrazine groups is 1. The molecule has 2 aromatic rings. The first-order chi connectivity index (χ1) is 9.74. The highest BCUT2D eigenvalue weighted by Gasteiger charge is 2.20. The maximum absolute atomic E-state index is 13.7. The minimum Gasteiger partial charge on any atom is -0.308 e. The van der Waals surface area contributed by atoms with Crippen molar-refractivity contribution in [3.63, 3.8) is 0 Å². The van der Waals surface area contributed by atoms with E-state index in [1.807, 2.05) is 20.8 Å². The number of nitrogen functional groups attached to an aromatic ring is 1. The molecule has 3 N–H and O–H groups in total. The van der Waals surface area contributed by atoms with Crippen LogP contribution in [-0.2, 0) is 5.41 Å². The van der Waals surface area contributed by atoms with Gasteiger partial charge in [-0.25, -0.2) is 24.6 Å². The number of anilines is 1. The highest BCUT2D eigenvalue weighted by Crippen LogP contribution is 2.32. The second kappa shape index (κ2) is 5.65. The molecule has 0 aliphatic heterocycles. The van der Waals surface area contributed by atoms with E-state index in [-0.39, 0.29) is 15.7 Å². The van der Waals surface area contributed by atoms with Crippen LogP contribution in [0.15, 0.2) is 22.7 Å². The fraction of sp³-hybridized carbons (Fsp3) is 0.286. The number of rotatable bonds is 2. The van der Waals surface area contributed by atoms with Gasteiger partial charge in [0, 0.05) is 17.0 Å². The molecule has 1 aromatic carbocycles. The zero-order valence-electron chi connectivity index (χ0n) is 11.8. The van der Waals surface area contributed by atoms with E-state index >= 15 is 0 Å². The molecule has 0 saturated carbocycles. The molecule has 1 heterocycles. The monoisotopic (exact) mass is 356 g/mol. The fourth-order valence-electron chi connectivity index (χ4n) is 1.72. The molecule has 0 aliphatic rings. The van der Waals surface area contributed by atoms with Gasteiger partial charge in [0.2, 0.25) is 0 Å². The maximum Gasteiger partial charge on any atom is 0.173 e. The Morgan fingerprint density at radius 3 is 2.43 bits per heavy atom. The van der Waals surface area contributed by atoms with Gasteiger partial charge >= 0.3 is 0 Å². The lowest BCUT2D eigenvalue weighted by Gasteiger charge is -2.19. The van der Waals surface area contributed by atoms with E-state index in [2.05, 4.69) is 31.3 Å². The van der Waals surface area contributed by atoms with Gasteiger partial charge in [0.05, 0.1) is 10.2 Å². The predicted molar refractivity (Wildman–Crippen MR) is 81.6 cm³/mol. The molecule has 0 bridgehead atoms. The first-order valence-corrected chi connectivity index (χ1v) is 7.03. The van der Waals surface area contributed by atoms with E-state index in [9.17, 15) is 8.78 Å². The summed E-state index contributed by atoms with van der Waals surface area (Å²) in [7, 11) is 0. The van der Waals surface area contributed by atoms with Crippen LogP contribution in [0.3, 0.4) is 0 Å². The van der Waals surface area contributed by atoms with Gasteiger partial charge in [-0.2, -0.15) is 0 Å². The Hall–Kier alpha value is -1.60. The average molecular weight is 357 g/mol.